The molecule has 0 radical (unpaired) electrons. The van der Waals surface area contributed by atoms with Crippen molar-refractivity contribution in [1.29, 1.82) is 0 Å². The molecule has 0 aromatic heterocycles. The van der Waals surface area contributed by atoms with Crippen molar-refractivity contribution in [3.05, 3.63) is 28.8 Å². The molecule has 128 valence electrons. The topological polar surface area (TPSA) is 55.8 Å². The quantitative estimate of drug-likeness (QED) is 0.853. The van der Waals surface area contributed by atoms with Crippen molar-refractivity contribution in [3.8, 4) is 5.75 Å². The van der Waals surface area contributed by atoms with Gasteiger partial charge in [-0.3, -0.25) is 0 Å². The number of rotatable bonds is 6. The number of benzene rings is 1. The van der Waals surface area contributed by atoms with Crippen LogP contribution in [0, 0.1) is 0 Å². The fourth-order valence-electron chi connectivity index (χ4n) is 3.03. The van der Waals surface area contributed by atoms with Crippen LogP contribution in [0.15, 0.2) is 12.1 Å². The Kier molecular flexibility index (Phi) is 5.48. The van der Waals surface area contributed by atoms with Gasteiger partial charge in [-0.2, -0.15) is 0 Å². The number of hydrogen-bond donors (Lipinski definition) is 1. The summed E-state index contributed by atoms with van der Waals surface area (Å²) in [6, 6.07) is 3.94. The molecule has 0 amide bonds. The third-order valence-electron chi connectivity index (χ3n) is 4.41. The average Bonchev–Trinajstić information content (AvgIpc) is 2.94. The van der Waals surface area contributed by atoms with Gasteiger partial charge >= 0.3 is 0 Å². The van der Waals surface area contributed by atoms with Crippen molar-refractivity contribution in [1.82, 2.24) is 0 Å². The van der Waals surface area contributed by atoms with E-state index in [4.69, 9.17) is 9.47 Å². The van der Waals surface area contributed by atoms with Gasteiger partial charge in [0.1, 0.15) is 11.5 Å². The van der Waals surface area contributed by atoms with Crippen LogP contribution in [0.5, 0.6) is 5.75 Å². The van der Waals surface area contributed by atoms with E-state index in [1.165, 1.54) is 0 Å². The van der Waals surface area contributed by atoms with Crippen LogP contribution in [-0.4, -0.2) is 24.1 Å². The van der Waals surface area contributed by atoms with Gasteiger partial charge in [0.2, 0.25) is 0 Å². The molecule has 2 rings (SSSR count). The number of aromatic hydroxyl groups is 1. The normalized spacial score (nSPS) is 17.2. The Bertz CT molecular complexity index is 540. The minimum Gasteiger partial charge on any atom is -0.507 e. The molecule has 1 aromatic carbocycles. The van der Waals surface area contributed by atoms with Crippen molar-refractivity contribution in [3.63, 3.8) is 0 Å². The summed E-state index contributed by atoms with van der Waals surface area (Å²) in [5.41, 5.74) is 2.70. The lowest BCUT2D eigenvalue weighted by Crippen LogP contribution is -2.28. The van der Waals surface area contributed by atoms with Crippen LogP contribution >= 0.6 is 0 Å². The molecule has 1 saturated heterocycles. The van der Waals surface area contributed by atoms with E-state index in [1.807, 2.05) is 12.1 Å². The number of hydrogen-bond acceptors (Lipinski definition) is 4. The molecule has 0 atom stereocenters. The second-order valence-corrected chi connectivity index (χ2v) is 6.96. The van der Waals surface area contributed by atoms with E-state index >= 15 is 0 Å². The summed E-state index contributed by atoms with van der Waals surface area (Å²) in [7, 11) is 0. The lowest BCUT2D eigenvalue weighted by molar-refractivity contribution is -0.173. The maximum absolute atomic E-state index is 11.4. The molecule has 0 saturated carbocycles. The Morgan fingerprint density at radius 3 is 2.00 bits per heavy atom. The first-order chi connectivity index (χ1) is 10.8. The van der Waals surface area contributed by atoms with Gasteiger partial charge in [-0.05, 0) is 42.0 Å². The van der Waals surface area contributed by atoms with Crippen LogP contribution < -0.4 is 0 Å². The minimum atomic E-state index is -0.868. The van der Waals surface area contributed by atoms with Crippen LogP contribution in [-0.2, 0) is 20.1 Å². The molecule has 0 spiro atoms. The standard InChI is InChI=1S/C19H28O4/c1-12(2)16-10-15(11-17(13(3)4)18(16)21)19(7-6-14(5)20)22-8-9-23-19/h10-13,21H,6-9H2,1-5H3. The third kappa shape index (κ3) is 3.75. The fourth-order valence-corrected chi connectivity index (χ4v) is 3.03. The minimum absolute atomic E-state index is 0.121. The number of ether oxygens (including phenoxy) is 2. The van der Waals surface area contributed by atoms with Gasteiger partial charge in [0.15, 0.2) is 5.79 Å². The zero-order valence-electron chi connectivity index (χ0n) is 14.8. The molecular weight excluding hydrogens is 292 g/mol. The summed E-state index contributed by atoms with van der Waals surface area (Å²) in [6.07, 6.45) is 0.914. The van der Waals surface area contributed by atoms with Crippen LogP contribution in [0.1, 0.15) is 76.0 Å². The zero-order chi connectivity index (χ0) is 17.2. The first-order valence-electron chi connectivity index (χ1n) is 8.41. The third-order valence-corrected chi connectivity index (χ3v) is 4.41. The van der Waals surface area contributed by atoms with E-state index in [0.717, 1.165) is 16.7 Å². The molecule has 1 aliphatic heterocycles. The van der Waals surface area contributed by atoms with E-state index in [9.17, 15) is 9.90 Å². The number of Topliss-reactive ketones (excluding diaryl/α,β-unsaturated/α-hetero) is 1. The second kappa shape index (κ2) is 7.02. The summed E-state index contributed by atoms with van der Waals surface area (Å²) < 4.78 is 11.9. The molecule has 4 heteroatoms. The van der Waals surface area contributed by atoms with Crippen molar-refractivity contribution in [2.45, 2.75) is 65.1 Å². The van der Waals surface area contributed by atoms with Gasteiger partial charge in [0.25, 0.3) is 0 Å². The first kappa shape index (κ1) is 18.0. The smallest absolute Gasteiger partial charge is 0.195 e. The Balaban J connectivity index is 2.52. The highest BCUT2D eigenvalue weighted by atomic mass is 16.7. The monoisotopic (exact) mass is 320 g/mol. The number of phenols is 1. The molecule has 4 nitrogen and oxygen atoms in total. The predicted molar refractivity (Wildman–Crippen MR) is 89.8 cm³/mol. The van der Waals surface area contributed by atoms with Gasteiger partial charge < -0.3 is 19.4 Å². The van der Waals surface area contributed by atoms with Crippen LogP contribution in [0.2, 0.25) is 0 Å². The van der Waals surface area contributed by atoms with Crippen molar-refractivity contribution < 1.29 is 19.4 Å². The largest absolute Gasteiger partial charge is 0.507 e. The molecule has 1 aliphatic rings. The maximum Gasteiger partial charge on any atom is 0.195 e. The zero-order valence-corrected chi connectivity index (χ0v) is 14.8. The average molecular weight is 320 g/mol. The fraction of sp³-hybridized carbons (Fsp3) is 0.632. The molecule has 1 heterocycles. The Morgan fingerprint density at radius 1 is 1.13 bits per heavy atom. The van der Waals surface area contributed by atoms with Gasteiger partial charge in [0.05, 0.1) is 13.2 Å². The molecule has 1 fully saturated rings. The molecule has 1 aromatic rings. The number of carbonyl (C=O) groups is 1. The number of carbonyl (C=O) groups excluding carboxylic acids is 1. The van der Waals surface area contributed by atoms with Gasteiger partial charge in [0, 0.05) is 18.4 Å². The first-order valence-corrected chi connectivity index (χ1v) is 8.41. The van der Waals surface area contributed by atoms with E-state index in [2.05, 4.69) is 27.7 Å². The predicted octanol–water partition coefficient (Wildman–Crippen LogP) is 4.21. The Labute approximate surface area is 138 Å². The molecule has 0 bridgehead atoms. The Morgan fingerprint density at radius 2 is 1.61 bits per heavy atom. The van der Waals surface area contributed by atoms with E-state index < -0.39 is 5.79 Å². The number of phenolic OH excluding ortho intramolecular Hbond substituents is 1. The van der Waals surface area contributed by atoms with E-state index in [-0.39, 0.29) is 17.6 Å². The second-order valence-electron chi connectivity index (χ2n) is 6.96. The van der Waals surface area contributed by atoms with Gasteiger partial charge in [-0.1, -0.05) is 27.7 Å². The molecular formula is C19H28O4. The lowest BCUT2D eigenvalue weighted by atomic mass is 9.88. The van der Waals surface area contributed by atoms with Gasteiger partial charge in [-0.15, -0.1) is 0 Å². The highest BCUT2D eigenvalue weighted by Gasteiger charge is 2.39. The summed E-state index contributed by atoms with van der Waals surface area (Å²) in [5, 5.41) is 10.6. The molecule has 0 unspecified atom stereocenters. The summed E-state index contributed by atoms with van der Waals surface area (Å²) in [5.74, 6) is -0.00145. The van der Waals surface area contributed by atoms with E-state index in [1.54, 1.807) is 6.92 Å². The summed E-state index contributed by atoms with van der Waals surface area (Å²) >= 11 is 0. The van der Waals surface area contributed by atoms with Gasteiger partial charge in [-0.25, -0.2) is 0 Å². The van der Waals surface area contributed by atoms with Crippen molar-refractivity contribution in [2.75, 3.05) is 13.2 Å². The van der Waals surface area contributed by atoms with Crippen LogP contribution in [0.25, 0.3) is 0 Å². The summed E-state index contributed by atoms with van der Waals surface area (Å²) in [4.78, 5) is 11.4. The highest BCUT2D eigenvalue weighted by molar-refractivity contribution is 5.75. The SMILES string of the molecule is CC(=O)CCC1(c2cc(C(C)C)c(O)c(C(C)C)c2)OCCO1. The van der Waals surface area contributed by atoms with Crippen LogP contribution in [0.3, 0.4) is 0 Å². The highest BCUT2D eigenvalue weighted by Crippen LogP contribution is 2.42. The van der Waals surface area contributed by atoms with Crippen LogP contribution in [0.4, 0.5) is 0 Å². The molecule has 23 heavy (non-hydrogen) atoms. The van der Waals surface area contributed by atoms with E-state index in [0.29, 0.717) is 31.8 Å². The molecule has 0 aliphatic carbocycles. The molecule has 1 N–H and O–H groups in total. The lowest BCUT2D eigenvalue weighted by Gasteiger charge is -2.30. The maximum atomic E-state index is 11.4. The number of ketones is 1. The Hall–Kier alpha value is -1.39. The van der Waals surface area contributed by atoms with Crippen molar-refractivity contribution in [2.24, 2.45) is 0 Å². The summed E-state index contributed by atoms with van der Waals surface area (Å²) in [6.45, 7) is 10.9. The van der Waals surface area contributed by atoms with Crippen molar-refractivity contribution >= 4 is 5.78 Å².